The molecule has 0 aromatic carbocycles. The standard InChI is InChI=1S/C48H90N8/c1-3-4-5-6-7-25-38-50-46-51-47(55(44-33-20-14-21-34-44)40-27-9-8-24-37-49-42-29-16-12-17-30-42)53-48(52-46)56(45-35-22-15-23-36-45)41-28-11-10-26-39-54(2)43-31-18-13-19-32-43/h42-45,49H,3-41H2,1-2H3,(H,50,51,52,53). The van der Waals surface area contributed by atoms with Gasteiger partial charge in [-0.15, -0.1) is 0 Å². The SMILES string of the molecule is CCCCCCCCNc1nc(N(CCCCCCNC2CCCCC2)C2CCCCC2)nc(N(CCCCCCN(C)C2CCCCC2)C2CCCCC2)n1. The third-order valence-corrected chi connectivity index (χ3v) is 14.2. The summed E-state index contributed by atoms with van der Waals surface area (Å²) < 4.78 is 0. The third-order valence-electron chi connectivity index (χ3n) is 14.2. The molecule has 0 spiro atoms. The first-order valence-corrected chi connectivity index (χ1v) is 25.2. The molecule has 0 atom stereocenters. The van der Waals surface area contributed by atoms with Crippen LogP contribution in [0.2, 0.25) is 0 Å². The predicted octanol–water partition coefficient (Wildman–Crippen LogP) is 12.2. The summed E-state index contributed by atoms with van der Waals surface area (Å²) >= 11 is 0. The van der Waals surface area contributed by atoms with E-state index in [4.69, 9.17) is 15.0 Å². The Labute approximate surface area is 346 Å². The maximum atomic E-state index is 5.51. The zero-order valence-electron chi connectivity index (χ0n) is 37.1. The average Bonchev–Trinajstić information content (AvgIpc) is 3.25. The van der Waals surface area contributed by atoms with Gasteiger partial charge in [0.15, 0.2) is 0 Å². The van der Waals surface area contributed by atoms with E-state index in [1.54, 1.807) is 0 Å². The molecule has 4 aliphatic carbocycles. The van der Waals surface area contributed by atoms with E-state index in [9.17, 15) is 0 Å². The molecule has 4 aliphatic rings. The number of anilines is 3. The molecule has 4 fully saturated rings. The highest BCUT2D eigenvalue weighted by molar-refractivity contribution is 5.46. The molecule has 5 rings (SSSR count). The highest BCUT2D eigenvalue weighted by Crippen LogP contribution is 2.31. The van der Waals surface area contributed by atoms with Crippen LogP contribution in [0.4, 0.5) is 17.8 Å². The molecule has 56 heavy (non-hydrogen) atoms. The number of unbranched alkanes of at least 4 members (excludes halogenated alkanes) is 11. The highest BCUT2D eigenvalue weighted by atomic mass is 15.4. The van der Waals surface area contributed by atoms with Crippen LogP contribution in [0.1, 0.15) is 225 Å². The Morgan fingerprint density at radius 2 is 0.875 bits per heavy atom. The summed E-state index contributed by atoms with van der Waals surface area (Å²) in [6.07, 6.45) is 45.5. The molecule has 2 N–H and O–H groups in total. The lowest BCUT2D eigenvalue weighted by Gasteiger charge is -2.37. The lowest BCUT2D eigenvalue weighted by Crippen LogP contribution is -2.41. The van der Waals surface area contributed by atoms with Gasteiger partial charge in [-0.2, -0.15) is 15.0 Å². The minimum atomic E-state index is 0.549. The second kappa shape index (κ2) is 27.9. The summed E-state index contributed by atoms with van der Waals surface area (Å²) in [4.78, 5) is 24.1. The predicted molar refractivity (Wildman–Crippen MR) is 241 cm³/mol. The van der Waals surface area contributed by atoms with Crippen LogP contribution in [0.25, 0.3) is 0 Å². The van der Waals surface area contributed by atoms with E-state index in [1.165, 1.54) is 231 Å². The van der Waals surface area contributed by atoms with Crippen LogP contribution in [-0.4, -0.2) is 83.8 Å². The van der Waals surface area contributed by atoms with Crippen molar-refractivity contribution in [3.63, 3.8) is 0 Å². The summed E-state index contributed by atoms with van der Waals surface area (Å²) in [6.45, 7) is 7.85. The number of hydrogen-bond donors (Lipinski definition) is 2. The van der Waals surface area contributed by atoms with Gasteiger partial charge in [-0.05, 0) is 104 Å². The molecule has 1 heterocycles. The van der Waals surface area contributed by atoms with Gasteiger partial charge in [-0.25, -0.2) is 0 Å². The molecule has 8 nitrogen and oxygen atoms in total. The first-order chi connectivity index (χ1) is 27.7. The summed E-state index contributed by atoms with van der Waals surface area (Å²) in [5, 5.41) is 7.62. The fourth-order valence-corrected chi connectivity index (χ4v) is 10.5. The van der Waals surface area contributed by atoms with Crippen molar-refractivity contribution in [3.05, 3.63) is 0 Å². The van der Waals surface area contributed by atoms with Crippen molar-refractivity contribution in [3.8, 4) is 0 Å². The number of aromatic nitrogens is 3. The summed E-state index contributed by atoms with van der Waals surface area (Å²) in [7, 11) is 2.38. The third kappa shape index (κ3) is 16.9. The number of hydrogen-bond acceptors (Lipinski definition) is 8. The summed E-state index contributed by atoms with van der Waals surface area (Å²) in [6, 6.07) is 2.70. The molecule has 0 saturated heterocycles. The van der Waals surface area contributed by atoms with Gasteiger partial charge in [0.05, 0.1) is 0 Å². The minimum absolute atomic E-state index is 0.549. The summed E-state index contributed by atoms with van der Waals surface area (Å²) in [5.74, 6) is 2.73. The Bertz CT molecular complexity index is 1110. The molecule has 0 bridgehead atoms. The Balaban J connectivity index is 1.23. The lowest BCUT2D eigenvalue weighted by molar-refractivity contribution is 0.188. The van der Waals surface area contributed by atoms with Crippen molar-refractivity contribution in [1.29, 1.82) is 0 Å². The quantitative estimate of drug-likeness (QED) is 0.0815. The molecule has 0 amide bonds. The maximum Gasteiger partial charge on any atom is 0.232 e. The van der Waals surface area contributed by atoms with Gasteiger partial charge in [0.2, 0.25) is 17.8 Å². The van der Waals surface area contributed by atoms with Crippen molar-refractivity contribution in [1.82, 2.24) is 25.2 Å². The van der Waals surface area contributed by atoms with E-state index in [0.29, 0.717) is 12.1 Å². The van der Waals surface area contributed by atoms with Crippen LogP contribution in [0.15, 0.2) is 0 Å². The van der Waals surface area contributed by atoms with Crippen LogP contribution < -0.4 is 20.4 Å². The van der Waals surface area contributed by atoms with E-state index in [0.717, 1.165) is 49.6 Å². The fourth-order valence-electron chi connectivity index (χ4n) is 10.5. The molecule has 0 unspecified atom stereocenters. The smallest absolute Gasteiger partial charge is 0.232 e. The first-order valence-electron chi connectivity index (χ1n) is 25.2. The lowest BCUT2D eigenvalue weighted by atomic mass is 9.94. The van der Waals surface area contributed by atoms with E-state index in [-0.39, 0.29) is 0 Å². The van der Waals surface area contributed by atoms with Crippen molar-refractivity contribution in [2.75, 3.05) is 54.9 Å². The zero-order chi connectivity index (χ0) is 38.9. The fraction of sp³-hybridized carbons (Fsp3) is 0.938. The normalized spacial score (nSPS) is 19.5. The number of nitrogens with one attached hydrogen (secondary N) is 2. The molecule has 4 saturated carbocycles. The van der Waals surface area contributed by atoms with E-state index >= 15 is 0 Å². The van der Waals surface area contributed by atoms with Crippen LogP contribution in [0, 0.1) is 0 Å². The van der Waals surface area contributed by atoms with E-state index < -0.39 is 0 Å². The Kier molecular flexibility index (Phi) is 22.6. The molecule has 0 radical (unpaired) electrons. The van der Waals surface area contributed by atoms with Gasteiger partial charge in [-0.3, -0.25) is 0 Å². The largest absolute Gasteiger partial charge is 0.354 e. The van der Waals surface area contributed by atoms with Crippen LogP contribution in [-0.2, 0) is 0 Å². The van der Waals surface area contributed by atoms with Gasteiger partial charge in [0.25, 0.3) is 0 Å². The van der Waals surface area contributed by atoms with E-state index in [1.807, 2.05) is 0 Å². The van der Waals surface area contributed by atoms with Crippen molar-refractivity contribution in [2.24, 2.45) is 0 Å². The Hall–Kier alpha value is -1.67. The molecule has 1 aromatic rings. The highest BCUT2D eigenvalue weighted by Gasteiger charge is 2.28. The molecule has 322 valence electrons. The van der Waals surface area contributed by atoms with Crippen LogP contribution in [0.5, 0.6) is 0 Å². The number of nitrogens with zero attached hydrogens (tertiary/aromatic N) is 6. The Morgan fingerprint density at radius 3 is 1.41 bits per heavy atom. The van der Waals surface area contributed by atoms with Gasteiger partial charge >= 0.3 is 0 Å². The molecule has 1 aromatic heterocycles. The van der Waals surface area contributed by atoms with E-state index in [2.05, 4.69) is 39.3 Å². The molecular formula is C48H90N8. The van der Waals surface area contributed by atoms with Gasteiger partial charge in [0.1, 0.15) is 0 Å². The monoisotopic (exact) mass is 779 g/mol. The first kappa shape index (κ1) is 45.4. The van der Waals surface area contributed by atoms with Crippen molar-refractivity contribution < 1.29 is 0 Å². The second-order valence-corrected chi connectivity index (χ2v) is 18.8. The zero-order valence-corrected chi connectivity index (χ0v) is 37.1. The minimum Gasteiger partial charge on any atom is -0.354 e. The van der Waals surface area contributed by atoms with Crippen LogP contribution in [0.3, 0.4) is 0 Å². The number of rotatable bonds is 28. The van der Waals surface area contributed by atoms with Crippen LogP contribution >= 0.6 is 0 Å². The molecule has 0 aliphatic heterocycles. The Morgan fingerprint density at radius 1 is 0.446 bits per heavy atom. The van der Waals surface area contributed by atoms with Gasteiger partial charge in [0, 0.05) is 43.8 Å². The summed E-state index contributed by atoms with van der Waals surface area (Å²) in [5.41, 5.74) is 0. The van der Waals surface area contributed by atoms with Gasteiger partial charge < -0.3 is 25.3 Å². The maximum absolute atomic E-state index is 5.51. The van der Waals surface area contributed by atoms with Crippen molar-refractivity contribution in [2.45, 2.75) is 249 Å². The van der Waals surface area contributed by atoms with Gasteiger partial charge in [-0.1, -0.05) is 142 Å². The topological polar surface area (TPSA) is 72.5 Å². The molecule has 8 heteroatoms. The average molecular weight is 779 g/mol. The second-order valence-electron chi connectivity index (χ2n) is 18.8. The molecular weight excluding hydrogens is 689 g/mol. The van der Waals surface area contributed by atoms with Crippen molar-refractivity contribution >= 4 is 17.8 Å².